The topological polar surface area (TPSA) is 79.8 Å². The fourth-order valence-electron chi connectivity index (χ4n) is 2.98. The van der Waals surface area contributed by atoms with Gasteiger partial charge in [-0.25, -0.2) is 10.2 Å². The second-order valence-corrected chi connectivity index (χ2v) is 6.56. The lowest BCUT2D eigenvalue weighted by Crippen LogP contribution is -2.31. The monoisotopic (exact) mass is 329 g/mol. The number of carbonyl (C=O) groups excluding carboxylic acids is 2. The molecule has 1 atom stereocenters. The average molecular weight is 329 g/mol. The second kappa shape index (κ2) is 7.47. The summed E-state index contributed by atoms with van der Waals surface area (Å²) in [5, 5.41) is 6.86. The van der Waals surface area contributed by atoms with Crippen LogP contribution in [-0.4, -0.2) is 24.3 Å². The molecule has 2 N–H and O–H groups in total. The van der Waals surface area contributed by atoms with Crippen molar-refractivity contribution in [2.75, 3.05) is 11.9 Å². The summed E-state index contributed by atoms with van der Waals surface area (Å²) >= 11 is 0. The van der Waals surface area contributed by atoms with Gasteiger partial charge in [0.2, 0.25) is 5.91 Å². The van der Waals surface area contributed by atoms with E-state index in [1.54, 1.807) is 0 Å². The van der Waals surface area contributed by atoms with Crippen LogP contribution in [0, 0.1) is 11.8 Å². The van der Waals surface area contributed by atoms with Gasteiger partial charge in [0, 0.05) is 18.0 Å². The van der Waals surface area contributed by atoms with E-state index in [4.69, 9.17) is 4.74 Å². The Morgan fingerprint density at radius 3 is 2.71 bits per heavy atom. The smallest absolute Gasteiger partial charge is 0.411 e. The lowest BCUT2D eigenvalue weighted by molar-refractivity contribution is -0.121. The highest BCUT2D eigenvalue weighted by Gasteiger charge is 2.21. The van der Waals surface area contributed by atoms with Gasteiger partial charge < -0.3 is 4.74 Å². The maximum atomic E-state index is 11.8. The summed E-state index contributed by atoms with van der Waals surface area (Å²) in [6.45, 7) is 2.45. The van der Waals surface area contributed by atoms with Gasteiger partial charge in [-0.05, 0) is 30.0 Å². The molecule has 1 unspecified atom stereocenters. The summed E-state index contributed by atoms with van der Waals surface area (Å²) < 4.78 is 5.21. The first-order chi connectivity index (χ1) is 11.6. The molecule has 6 nitrogen and oxygen atoms in total. The largest absolute Gasteiger partial charge is 0.449 e. The number of hydrogen-bond acceptors (Lipinski definition) is 4. The van der Waals surface area contributed by atoms with Gasteiger partial charge in [0.15, 0.2) is 0 Å². The van der Waals surface area contributed by atoms with E-state index < -0.39 is 6.09 Å². The molecule has 1 heterocycles. The molecule has 24 heavy (non-hydrogen) atoms. The number of nitrogens with zero attached hydrogens (tertiary/aromatic N) is 1. The molecule has 1 fully saturated rings. The van der Waals surface area contributed by atoms with E-state index in [9.17, 15) is 9.59 Å². The van der Waals surface area contributed by atoms with Gasteiger partial charge >= 0.3 is 6.09 Å². The van der Waals surface area contributed by atoms with Crippen LogP contribution in [-0.2, 0) is 9.53 Å². The maximum Gasteiger partial charge on any atom is 0.411 e. The molecular weight excluding hydrogens is 306 g/mol. The summed E-state index contributed by atoms with van der Waals surface area (Å²) in [5.74, 6) is 0.749. The van der Waals surface area contributed by atoms with Gasteiger partial charge in [-0.1, -0.05) is 38.3 Å². The number of ether oxygens (including phenoxy) is 1. The standard InChI is InChI=1S/C18H23N3O3/c1-12-11-16(22)20-21-17(12)14-5-7-15(8-6-14)19-18(23)24-10-9-13-3-2-4-13/h5-8,12-13H,2-4,9-11H2,1H3,(H,19,23)(H,20,22). The molecule has 3 rings (SSSR count). The molecule has 2 aliphatic rings. The fourth-order valence-corrected chi connectivity index (χ4v) is 2.98. The van der Waals surface area contributed by atoms with Crippen molar-refractivity contribution in [2.45, 2.75) is 39.0 Å². The number of hydrogen-bond donors (Lipinski definition) is 2. The van der Waals surface area contributed by atoms with Crippen molar-refractivity contribution < 1.29 is 14.3 Å². The minimum Gasteiger partial charge on any atom is -0.449 e. The Morgan fingerprint density at radius 2 is 2.08 bits per heavy atom. The molecule has 0 radical (unpaired) electrons. The summed E-state index contributed by atoms with van der Waals surface area (Å²) in [6.07, 6.45) is 4.79. The molecule has 1 aliphatic carbocycles. The number of hydrazone groups is 1. The zero-order valence-corrected chi connectivity index (χ0v) is 13.9. The van der Waals surface area contributed by atoms with Crippen LogP contribution in [0.1, 0.15) is 44.6 Å². The Morgan fingerprint density at radius 1 is 1.33 bits per heavy atom. The van der Waals surface area contributed by atoms with Gasteiger partial charge in [0.25, 0.3) is 0 Å². The van der Waals surface area contributed by atoms with Crippen LogP contribution in [0.5, 0.6) is 0 Å². The Bertz CT molecular complexity index is 635. The molecule has 1 aromatic rings. The van der Waals surface area contributed by atoms with Crippen molar-refractivity contribution in [1.29, 1.82) is 0 Å². The van der Waals surface area contributed by atoms with Crippen molar-refractivity contribution >= 4 is 23.4 Å². The molecule has 2 amide bonds. The molecule has 6 heteroatoms. The summed E-state index contributed by atoms with van der Waals surface area (Å²) in [5.41, 5.74) is 4.98. The Kier molecular flexibility index (Phi) is 5.13. The van der Waals surface area contributed by atoms with Gasteiger partial charge in [0.1, 0.15) is 0 Å². The number of rotatable bonds is 5. The van der Waals surface area contributed by atoms with E-state index in [-0.39, 0.29) is 11.8 Å². The van der Waals surface area contributed by atoms with Crippen molar-refractivity contribution in [3.63, 3.8) is 0 Å². The third-order valence-corrected chi connectivity index (χ3v) is 4.67. The Hall–Kier alpha value is -2.37. The third-order valence-electron chi connectivity index (χ3n) is 4.67. The van der Waals surface area contributed by atoms with Gasteiger partial charge in [-0.15, -0.1) is 0 Å². The molecule has 0 bridgehead atoms. The lowest BCUT2D eigenvalue weighted by atomic mass is 9.83. The van der Waals surface area contributed by atoms with E-state index in [2.05, 4.69) is 15.8 Å². The van der Waals surface area contributed by atoms with E-state index in [1.807, 2.05) is 31.2 Å². The van der Waals surface area contributed by atoms with Gasteiger partial charge in [-0.3, -0.25) is 10.1 Å². The van der Waals surface area contributed by atoms with Crippen LogP contribution in [0.15, 0.2) is 29.4 Å². The van der Waals surface area contributed by atoms with Crippen LogP contribution in [0.4, 0.5) is 10.5 Å². The number of anilines is 1. The maximum absolute atomic E-state index is 11.8. The minimum atomic E-state index is -0.419. The highest BCUT2D eigenvalue weighted by Crippen LogP contribution is 2.29. The summed E-state index contributed by atoms with van der Waals surface area (Å²) in [7, 11) is 0. The van der Waals surface area contributed by atoms with Crippen molar-refractivity contribution in [1.82, 2.24) is 5.43 Å². The summed E-state index contributed by atoms with van der Waals surface area (Å²) in [6, 6.07) is 7.40. The lowest BCUT2D eigenvalue weighted by Gasteiger charge is -2.24. The zero-order chi connectivity index (χ0) is 16.9. The molecule has 1 aliphatic heterocycles. The minimum absolute atomic E-state index is 0.0609. The normalized spacial score (nSPS) is 20.6. The van der Waals surface area contributed by atoms with Crippen molar-refractivity contribution in [3.8, 4) is 0 Å². The molecule has 128 valence electrons. The van der Waals surface area contributed by atoms with Crippen molar-refractivity contribution in [2.24, 2.45) is 16.9 Å². The zero-order valence-electron chi connectivity index (χ0n) is 13.9. The third kappa shape index (κ3) is 4.13. The van der Waals surface area contributed by atoms with Crippen molar-refractivity contribution in [3.05, 3.63) is 29.8 Å². The highest BCUT2D eigenvalue weighted by molar-refractivity contribution is 6.06. The number of nitrogens with one attached hydrogen (secondary N) is 2. The van der Waals surface area contributed by atoms with E-state index in [1.165, 1.54) is 19.3 Å². The SMILES string of the molecule is CC1CC(=O)NN=C1c1ccc(NC(=O)OCCC2CCC2)cc1. The molecular formula is C18H23N3O3. The van der Waals surface area contributed by atoms with E-state index in [0.717, 1.165) is 23.6 Å². The van der Waals surface area contributed by atoms with Gasteiger partial charge in [0.05, 0.1) is 12.3 Å². The second-order valence-electron chi connectivity index (χ2n) is 6.56. The predicted octanol–water partition coefficient (Wildman–Crippen LogP) is 3.29. The van der Waals surface area contributed by atoms with Crippen LogP contribution < -0.4 is 10.7 Å². The van der Waals surface area contributed by atoms with Gasteiger partial charge in [-0.2, -0.15) is 5.10 Å². The van der Waals surface area contributed by atoms with Crippen LogP contribution in [0.3, 0.4) is 0 Å². The summed E-state index contributed by atoms with van der Waals surface area (Å²) in [4.78, 5) is 23.1. The molecule has 0 spiro atoms. The van der Waals surface area contributed by atoms with E-state index >= 15 is 0 Å². The number of carbonyl (C=O) groups is 2. The Labute approximate surface area is 141 Å². The molecule has 0 saturated heterocycles. The first kappa shape index (κ1) is 16.5. The predicted molar refractivity (Wildman–Crippen MR) is 91.8 cm³/mol. The Balaban J connectivity index is 1.50. The number of amides is 2. The fraction of sp³-hybridized carbons (Fsp3) is 0.500. The molecule has 1 saturated carbocycles. The average Bonchev–Trinajstić information content (AvgIpc) is 2.51. The quantitative estimate of drug-likeness (QED) is 0.870. The first-order valence-electron chi connectivity index (χ1n) is 8.52. The van der Waals surface area contributed by atoms with Crippen LogP contribution in [0.25, 0.3) is 0 Å². The highest BCUT2D eigenvalue weighted by atomic mass is 16.5. The van der Waals surface area contributed by atoms with Crippen LogP contribution >= 0.6 is 0 Å². The molecule has 0 aromatic heterocycles. The number of benzene rings is 1. The molecule has 1 aromatic carbocycles. The van der Waals surface area contributed by atoms with E-state index in [0.29, 0.717) is 18.7 Å². The first-order valence-corrected chi connectivity index (χ1v) is 8.52. The van der Waals surface area contributed by atoms with Crippen LogP contribution in [0.2, 0.25) is 0 Å².